The van der Waals surface area contributed by atoms with Crippen molar-refractivity contribution in [1.82, 2.24) is 9.71 Å². The van der Waals surface area contributed by atoms with E-state index in [2.05, 4.69) is 26.3 Å². The Morgan fingerprint density at radius 3 is 1.53 bits per heavy atom. The highest BCUT2D eigenvalue weighted by molar-refractivity contribution is 6.16. The fraction of sp³-hybridized carbons (Fsp3) is 0.0800. The zero-order valence-electron chi connectivity index (χ0n) is 34.6. The van der Waals surface area contributed by atoms with Gasteiger partial charge in [0, 0.05) is 40.5 Å². The summed E-state index contributed by atoms with van der Waals surface area (Å²) in [6, 6.07) is 43.2. The van der Waals surface area contributed by atoms with Crippen LogP contribution < -0.4 is 30.8 Å². The van der Waals surface area contributed by atoms with E-state index in [0.29, 0.717) is 62.4 Å². The summed E-state index contributed by atoms with van der Waals surface area (Å²) in [5.41, 5.74) is 5.29. The summed E-state index contributed by atoms with van der Waals surface area (Å²) in [7, 11) is 0. The second-order valence-electron chi connectivity index (χ2n) is 14.4. The number of rotatable bonds is 12. The molecule has 0 bridgehead atoms. The van der Waals surface area contributed by atoms with E-state index >= 15 is 0 Å². The number of amides is 4. The van der Waals surface area contributed by atoms with Crippen LogP contribution in [0.25, 0.3) is 44.4 Å². The zero-order valence-corrected chi connectivity index (χ0v) is 34.6. The van der Waals surface area contributed by atoms with Gasteiger partial charge in [-0.15, -0.1) is 0 Å². The molecule has 14 heteroatoms. The molecule has 0 aliphatic rings. The number of nitrogens with one attached hydrogen (secondary N) is 5. The van der Waals surface area contributed by atoms with Gasteiger partial charge in [-0.05, 0) is 74.5 Å². The third-order valence-corrected chi connectivity index (χ3v) is 10.2. The van der Waals surface area contributed by atoms with E-state index in [-0.39, 0.29) is 51.8 Å². The van der Waals surface area contributed by atoms with Gasteiger partial charge in [0.05, 0.1) is 34.7 Å². The molecule has 0 atom stereocenters. The van der Waals surface area contributed by atoms with Gasteiger partial charge in [0.1, 0.15) is 23.6 Å². The van der Waals surface area contributed by atoms with E-state index in [1.165, 1.54) is 4.73 Å². The van der Waals surface area contributed by atoms with Crippen LogP contribution in [0.2, 0.25) is 0 Å². The van der Waals surface area contributed by atoms with Gasteiger partial charge in [-0.2, -0.15) is 4.73 Å². The van der Waals surface area contributed by atoms with Gasteiger partial charge < -0.3 is 44.7 Å². The van der Waals surface area contributed by atoms with E-state index in [9.17, 15) is 19.2 Å². The summed E-state index contributed by atoms with van der Waals surface area (Å²) in [5, 5.41) is 11.9. The number of benzene rings is 7. The average molecular weight is 853 g/mol. The van der Waals surface area contributed by atoms with Gasteiger partial charge in [-0.1, -0.05) is 72.8 Å². The second kappa shape index (κ2) is 17.7. The van der Waals surface area contributed by atoms with Gasteiger partial charge in [0.25, 0.3) is 23.6 Å². The maximum absolute atomic E-state index is 14.1. The fourth-order valence-corrected chi connectivity index (χ4v) is 7.24. The van der Waals surface area contributed by atoms with Crippen molar-refractivity contribution in [3.63, 3.8) is 0 Å². The minimum atomic E-state index is -0.448. The van der Waals surface area contributed by atoms with Crippen molar-refractivity contribution in [3.05, 3.63) is 174 Å². The minimum absolute atomic E-state index is 0.164. The van der Waals surface area contributed by atoms with Crippen molar-refractivity contribution in [2.24, 2.45) is 0 Å². The number of carbonyl (C=O) groups is 4. The molecule has 64 heavy (non-hydrogen) atoms. The third kappa shape index (κ3) is 8.18. The molecule has 2 aromatic heterocycles. The van der Waals surface area contributed by atoms with Crippen molar-refractivity contribution < 1.29 is 37.6 Å². The molecule has 0 unspecified atom stereocenters. The summed E-state index contributed by atoms with van der Waals surface area (Å²) in [4.78, 5) is 64.4. The van der Waals surface area contributed by atoms with Crippen molar-refractivity contribution in [3.8, 4) is 5.75 Å². The molecule has 2 heterocycles. The molecular weight excluding hydrogens is 813 g/mol. The summed E-state index contributed by atoms with van der Waals surface area (Å²) in [6.07, 6.45) is 0. The highest BCUT2D eigenvalue weighted by Gasteiger charge is 2.24. The number of fused-ring (bicyclic) bond motifs is 4. The normalized spacial score (nSPS) is 11.0. The van der Waals surface area contributed by atoms with E-state index in [4.69, 9.17) is 18.4 Å². The number of H-pyrrole nitrogens is 1. The number of hydrogen-bond acceptors (Lipinski definition) is 8. The summed E-state index contributed by atoms with van der Waals surface area (Å²) >= 11 is 0. The number of aromatic amines is 1. The predicted molar refractivity (Wildman–Crippen MR) is 247 cm³/mol. The average Bonchev–Trinajstić information content (AvgIpc) is 3.32. The lowest BCUT2D eigenvalue weighted by Crippen LogP contribution is -2.19. The Hall–Kier alpha value is -8.78. The first-order valence-corrected chi connectivity index (χ1v) is 20.5. The van der Waals surface area contributed by atoms with Crippen LogP contribution in [0.4, 0.5) is 22.7 Å². The van der Waals surface area contributed by atoms with E-state index in [1.807, 2.05) is 31.2 Å². The molecule has 0 fully saturated rings. The topological polar surface area (TPSA) is 182 Å². The van der Waals surface area contributed by atoms with Crippen LogP contribution in [-0.2, 0) is 0 Å². The van der Waals surface area contributed by atoms with Gasteiger partial charge >= 0.3 is 0 Å². The predicted octanol–water partition coefficient (Wildman–Crippen LogP) is 10.6. The maximum atomic E-state index is 14.1. The van der Waals surface area contributed by atoms with Crippen LogP contribution >= 0.6 is 0 Å². The molecule has 7 aromatic carbocycles. The number of carbonyl (C=O) groups excluding carboxylic acids is 4. The lowest BCUT2D eigenvalue weighted by atomic mass is 10.1. The standard InChI is InChI=1S/C50H40N6O8/c1-3-61-40-29-41-37(25-36(40)54-49(59)32-21-13-7-14-22-32)51-38-28-43-45(44(46(38)64-41)55-50(60)33-23-15-8-16-24-33)56(62-4-2)39-26-34(52-47(57)30-17-9-5-10-18-30)35(27-42(39)63-43)53-48(58)31-19-11-6-12-20-31/h5-29,51H,3-4H2,1-2H3,(H,52,57)(H,53,58)(H,54,59)(H,55,60). The minimum Gasteiger partial charge on any atom is -0.492 e. The first-order valence-electron chi connectivity index (χ1n) is 20.5. The highest BCUT2D eigenvalue weighted by Crippen LogP contribution is 2.40. The Morgan fingerprint density at radius 2 is 1.02 bits per heavy atom. The Balaban J connectivity index is 1.28. The SMILES string of the molecule is CCOc1cc2oc3c(NC(=O)c4ccccc4)c4c(cc3[nH]c2cc1NC(=O)c1ccccc1)oc1cc(NC(=O)c2ccccc2)c(NC(=O)c2ccccc2)cc1n4OCC. The molecule has 0 aliphatic carbocycles. The first kappa shape index (κ1) is 40.6. The number of ether oxygens (including phenoxy) is 1. The van der Waals surface area contributed by atoms with Gasteiger partial charge in [-0.25, -0.2) is 0 Å². The molecule has 4 amide bonds. The van der Waals surface area contributed by atoms with Crippen molar-refractivity contribution in [1.29, 1.82) is 0 Å². The van der Waals surface area contributed by atoms with Gasteiger partial charge in [0.15, 0.2) is 27.8 Å². The van der Waals surface area contributed by atoms with Crippen molar-refractivity contribution >= 4 is 90.8 Å². The summed E-state index contributed by atoms with van der Waals surface area (Å²) < 4.78 is 20.8. The smallest absolute Gasteiger partial charge is 0.255 e. The molecule has 0 spiro atoms. The quantitative estimate of drug-likeness (QED) is 0.0753. The molecule has 0 saturated heterocycles. The van der Waals surface area contributed by atoms with Crippen LogP contribution in [0.5, 0.6) is 5.75 Å². The molecule has 5 N–H and O–H groups in total. The van der Waals surface area contributed by atoms with Crippen molar-refractivity contribution in [2.45, 2.75) is 13.8 Å². The van der Waals surface area contributed by atoms with Crippen LogP contribution in [0.15, 0.2) is 160 Å². The number of nitrogens with zero attached hydrogens (tertiary/aromatic N) is 1. The van der Waals surface area contributed by atoms with E-state index in [1.54, 1.807) is 134 Å². The molecule has 0 radical (unpaired) electrons. The maximum Gasteiger partial charge on any atom is 0.255 e. The summed E-state index contributed by atoms with van der Waals surface area (Å²) in [5.74, 6) is -1.26. The lowest BCUT2D eigenvalue weighted by Gasteiger charge is -2.21. The lowest BCUT2D eigenvalue weighted by molar-refractivity contribution is 0.101. The van der Waals surface area contributed by atoms with Gasteiger partial charge in [0.2, 0.25) is 0 Å². The number of anilines is 4. The zero-order chi connectivity index (χ0) is 44.2. The molecule has 9 rings (SSSR count). The Morgan fingerprint density at radius 1 is 0.516 bits per heavy atom. The number of hydrogen-bond donors (Lipinski definition) is 5. The fourth-order valence-electron chi connectivity index (χ4n) is 7.24. The largest absolute Gasteiger partial charge is 0.492 e. The van der Waals surface area contributed by atoms with Crippen LogP contribution in [0.1, 0.15) is 55.3 Å². The first-order chi connectivity index (χ1) is 31.3. The number of aromatic nitrogens is 2. The Bertz CT molecular complexity index is 3260. The van der Waals surface area contributed by atoms with Crippen LogP contribution in [0, 0.1) is 0 Å². The Labute approximate surface area is 365 Å². The monoisotopic (exact) mass is 852 g/mol. The highest BCUT2D eigenvalue weighted by atomic mass is 16.7. The third-order valence-electron chi connectivity index (χ3n) is 10.2. The molecule has 0 saturated carbocycles. The molecular formula is C50H40N6O8. The van der Waals surface area contributed by atoms with Gasteiger partial charge in [-0.3, -0.25) is 19.2 Å². The molecule has 14 nitrogen and oxygen atoms in total. The van der Waals surface area contributed by atoms with E-state index in [0.717, 1.165) is 0 Å². The molecule has 318 valence electrons. The summed E-state index contributed by atoms with van der Waals surface area (Å²) in [6.45, 7) is 4.10. The van der Waals surface area contributed by atoms with Crippen LogP contribution in [0.3, 0.4) is 0 Å². The molecule has 9 aromatic rings. The van der Waals surface area contributed by atoms with Crippen molar-refractivity contribution in [2.75, 3.05) is 34.5 Å². The Kier molecular flexibility index (Phi) is 11.2. The second-order valence-corrected chi connectivity index (χ2v) is 14.4. The van der Waals surface area contributed by atoms with Crippen LogP contribution in [-0.4, -0.2) is 46.6 Å². The molecule has 0 aliphatic heterocycles. The van der Waals surface area contributed by atoms with E-state index < -0.39 is 17.7 Å².